The average molecular weight is 242 g/mol. The highest BCUT2D eigenvalue weighted by Gasteiger charge is 2.28. The van der Waals surface area contributed by atoms with Gasteiger partial charge in [-0.05, 0) is 6.92 Å². The minimum atomic E-state index is -0.842. The maximum absolute atomic E-state index is 10.7. The van der Waals surface area contributed by atoms with Gasteiger partial charge in [-0.1, -0.05) is 11.6 Å². The molecule has 0 N–H and O–H groups in total. The van der Waals surface area contributed by atoms with E-state index in [1.165, 1.54) is 6.92 Å². The van der Waals surface area contributed by atoms with Gasteiger partial charge in [-0.25, -0.2) is 0 Å². The normalized spacial score (nSPS) is 9.56. The fraction of sp³-hybridized carbons (Fsp3) is 0.125. The van der Waals surface area contributed by atoms with Gasteiger partial charge in [0.05, 0.1) is 15.4 Å². The molecule has 0 atom stereocenters. The largest absolute Gasteiger partial charge is 0.298 e. The number of hydrogen-bond donors (Lipinski definition) is 0. The van der Waals surface area contributed by atoms with E-state index < -0.39 is 21.2 Å². The van der Waals surface area contributed by atoms with Gasteiger partial charge in [-0.3, -0.25) is 20.2 Å². The molecule has 0 spiro atoms. The molecule has 0 aromatic heterocycles. The van der Waals surface area contributed by atoms with Crippen molar-refractivity contribution in [2.75, 3.05) is 0 Å². The smallest absolute Gasteiger partial charge is 0.258 e. The number of nitro benzene ring substituents is 2. The van der Waals surface area contributed by atoms with E-state index in [2.05, 4.69) is 0 Å². The van der Waals surface area contributed by atoms with E-state index in [1.807, 2.05) is 0 Å². The highest BCUT2D eigenvalue weighted by Crippen LogP contribution is 2.36. The lowest BCUT2D eigenvalue weighted by Crippen LogP contribution is -2.00. The molecular weight excluding hydrogens is 238 g/mol. The minimum absolute atomic E-state index is 0.168. The minimum Gasteiger partial charge on any atom is -0.258 e. The summed E-state index contributed by atoms with van der Waals surface area (Å²) in [5, 5.41) is 29.5. The second-order valence-corrected chi connectivity index (χ2v) is 3.23. The van der Waals surface area contributed by atoms with E-state index >= 15 is 0 Å². The lowest BCUT2D eigenvalue weighted by atomic mass is 10.1. The van der Waals surface area contributed by atoms with Crippen molar-refractivity contribution >= 4 is 23.0 Å². The Kier molecular flexibility index (Phi) is 3.06. The van der Waals surface area contributed by atoms with Gasteiger partial charge in [-0.2, -0.15) is 5.26 Å². The first-order valence-electron chi connectivity index (χ1n) is 3.92. The monoisotopic (exact) mass is 241 g/mol. The van der Waals surface area contributed by atoms with Crippen molar-refractivity contribution in [2.24, 2.45) is 0 Å². The van der Waals surface area contributed by atoms with Crippen LogP contribution in [0.5, 0.6) is 0 Å². The predicted octanol–water partition coefficient (Wildman–Crippen LogP) is 2.34. The zero-order valence-corrected chi connectivity index (χ0v) is 8.69. The van der Waals surface area contributed by atoms with E-state index in [-0.39, 0.29) is 16.1 Å². The van der Waals surface area contributed by atoms with Crippen LogP contribution in [0, 0.1) is 38.5 Å². The lowest BCUT2D eigenvalue weighted by molar-refractivity contribution is -0.395. The topological polar surface area (TPSA) is 110 Å². The number of halogens is 1. The molecule has 0 amide bonds. The van der Waals surface area contributed by atoms with Gasteiger partial charge >= 0.3 is 0 Å². The zero-order chi connectivity index (χ0) is 12.5. The SMILES string of the molecule is Cc1c([N+](=O)[O-])cc(C#N)c(Cl)c1[N+](=O)[O-]. The molecule has 0 aliphatic heterocycles. The Morgan fingerprint density at radius 3 is 2.31 bits per heavy atom. The Labute approximate surface area is 94.2 Å². The fourth-order valence-corrected chi connectivity index (χ4v) is 1.52. The highest BCUT2D eigenvalue weighted by atomic mass is 35.5. The molecule has 0 unspecified atom stereocenters. The number of nitrogens with zero attached hydrogens (tertiary/aromatic N) is 3. The Morgan fingerprint density at radius 1 is 1.38 bits per heavy atom. The third-order valence-corrected chi connectivity index (χ3v) is 2.35. The van der Waals surface area contributed by atoms with Crippen molar-refractivity contribution in [2.45, 2.75) is 6.92 Å². The summed E-state index contributed by atoms with van der Waals surface area (Å²) < 4.78 is 0. The molecule has 16 heavy (non-hydrogen) atoms. The standard InChI is InChI=1S/C8H4ClN3O4/c1-4-6(11(13)14)2-5(3-10)7(9)8(4)12(15)16/h2H,1H3. The first-order valence-corrected chi connectivity index (χ1v) is 4.30. The summed E-state index contributed by atoms with van der Waals surface area (Å²) in [4.78, 5) is 19.6. The first-order chi connectivity index (χ1) is 7.40. The summed E-state index contributed by atoms with van der Waals surface area (Å²) in [7, 11) is 0. The average Bonchev–Trinajstić information content (AvgIpc) is 2.16. The summed E-state index contributed by atoms with van der Waals surface area (Å²) in [5.74, 6) is 0. The summed E-state index contributed by atoms with van der Waals surface area (Å²) >= 11 is 5.60. The van der Waals surface area contributed by atoms with Gasteiger partial charge in [-0.15, -0.1) is 0 Å². The summed E-state index contributed by atoms with van der Waals surface area (Å²) in [6.07, 6.45) is 0. The maximum Gasteiger partial charge on any atom is 0.298 e. The molecule has 0 radical (unpaired) electrons. The second kappa shape index (κ2) is 4.12. The van der Waals surface area contributed by atoms with E-state index in [0.29, 0.717) is 0 Å². The van der Waals surface area contributed by atoms with E-state index in [4.69, 9.17) is 16.9 Å². The van der Waals surface area contributed by atoms with Crippen LogP contribution in [0.3, 0.4) is 0 Å². The van der Waals surface area contributed by atoms with Crippen LogP contribution >= 0.6 is 11.6 Å². The molecule has 0 heterocycles. The summed E-state index contributed by atoms with van der Waals surface area (Å²) in [6, 6.07) is 2.49. The molecule has 82 valence electrons. The number of rotatable bonds is 2. The van der Waals surface area contributed by atoms with Crippen LogP contribution in [0.1, 0.15) is 11.1 Å². The molecule has 0 saturated heterocycles. The molecule has 1 aromatic carbocycles. The van der Waals surface area contributed by atoms with Gasteiger partial charge in [0.1, 0.15) is 16.7 Å². The summed E-state index contributed by atoms with van der Waals surface area (Å²) in [5.41, 5.74) is -1.55. The van der Waals surface area contributed by atoms with Crippen LogP contribution in [0.25, 0.3) is 0 Å². The van der Waals surface area contributed by atoms with E-state index in [9.17, 15) is 20.2 Å². The molecular formula is C8H4ClN3O4. The van der Waals surface area contributed by atoms with Crippen molar-refractivity contribution in [1.82, 2.24) is 0 Å². The number of nitro groups is 2. The molecule has 1 aromatic rings. The Morgan fingerprint density at radius 2 is 1.94 bits per heavy atom. The Balaban J connectivity index is 3.73. The van der Waals surface area contributed by atoms with Gasteiger partial charge in [0.15, 0.2) is 0 Å². The third-order valence-electron chi connectivity index (χ3n) is 1.96. The number of nitriles is 1. The van der Waals surface area contributed by atoms with E-state index in [0.717, 1.165) is 6.07 Å². The van der Waals surface area contributed by atoms with Crippen LogP contribution in [-0.4, -0.2) is 9.85 Å². The molecule has 0 bridgehead atoms. The summed E-state index contributed by atoms with van der Waals surface area (Å²) in [6.45, 7) is 1.21. The zero-order valence-electron chi connectivity index (χ0n) is 7.93. The van der Waals surface area contributed by atoms with Crippen LogP contribution in [0.2, 0.25) is 5.02 Å². The van der Waals surface area contributed by atoms with E-state index in [1.54, 1.807) is 6.07 Å². The van der Waals surface area contributed by atoms with Gasteiger partial charge in [0.2, 0.25) is 0 Å². The van der Waals surface area contributed by atoms with Crippen molar-refractivity contribution in [3.8, 4) is 6.07 Å². The molecule has 8 heteroatoms. The number of benzene rings is 1. The molecule has 7 nitrogen and oxygen atoms in total. The quantitative estimate of drug-likeness (QED) is 0.583. The molecule has 0 saturated carbocycles. The Bertz CT molecular complexity index is 535. The van der Waals surface area contributed by atoms with Crippen LogP contribution in [0.15, 0.2) is 6.07 Å². The maximum atomic E-state index is 10.7. The van der Waals surface area contributed by atoms with Crippen LogP contribution in [-0.2, 0) is 0 Å². The van der Waals surface area contributed by atoms with Crippen molar-refractivity contribution in [3.63, 3.8) is 0 Å². The lowest BCUT2D eigenvalue weighted by Gasteiger charge is -2.02. The second-order valence-electron chi connectivity index (χ2n) is 2.86. The number of hydrogen-bond acceptors (Lipinski definition) is 5. The molecule has 0 fully saturated rings. The van der Waals surface area contributed by atoms with Gasteiger partial charge < -0.3 is 0 Å². The molecule has 0 aliphatic rings. The Hall–Kier alpha value is -2.20. The first kappa shape index (κ1) is 11.9. The van der Waals surface area contributed by atoms with Crippen molar-refractivity contribution in [1.29, 1.82) is 5.26 Å². The van der Waals surface area contributed by atoms with Crippen LogP contribution < -0.4 is 0 Å². The third kappa shape index (κ3) is 1.78. The van der Waals surface area contributed by atoms with Crippen LogP contribution in [0.4, 0.5) is 11.4 Å². The predicted molar refractivity (Wildman–Crippen MR) is 54.2 cm³/mol. The van der Waals surface area contributed by atoms with Crippen molar-refractivity contribution in [3.05, 3.63) is 42.4 Å². The molecule has 1 rings (SSSR count). The fourth-order valence-electron chi connectivity index (χ4n) is 1.21. The van der Waals surface area contributed by atoms with Gasteiger partial charge in [0.25, 0.3) is 11.4 Å². The molecule has 0 aliphatic carbocycles. The van der Waals surface area contributed by atoms with Crippen molar-refractivity contribution < 1.29 is 9.85 Å². The van der Waals surface area contributed by atoms with Gasteiger partial charge in [0, 0.05) is 6.07 Å². The highest BCUT2D eigenvalue weighted by molar-refractivity contribution is 6.34.